The summed E-state index contributed by atoms with van der Waals surface area (Å²) >= 11 is 1.57. The summed E-state index contributed by atoms with van der Waals surface area (Å²) in [5, 5.41) is 3.90. The van der Waals surface area contributed by atoms with E-state index in [4.69, 9.17) is 4.74 Å². The van der Waals surface area contributed by atoms with Crippen LogP contribution in [0.25, 0.3) is 10.2 Å². The average molecular weight is 423 g/mol. The number of hydrogen-bond donors (Lipinski definition) is 1. The molecule has 1 N–H and O–H groups in total. The van der Waals surface area contributed by atoms with E-state index in [1.54, 1.807) is 11.3 Å². The molecule has 30 heavy (non-hydrogen) atoms. The molecule has 0 spiro atoms. The Morgan fingerprint density at radius 2 is 1.70 bits per heavy atom. The fraction of sp³-hybridized carbons (Fsp3) is 0.375. The van der Waals surface area contributed by atoms with Gasteiger partial charge < -0.3 is 10.1 Å². The molecule has 6 heteroatoms. The molecule has 0 radical (unpaired) electrons. The highest BCUT2D eigenvalue weighted by atomic mass is 32.1. The molecule has 0 bridgehead atoms. The lowest BCUT2D eigenvalue weighted by molar-refractivity contribution is -0.160. The van der Waals surface area contributed by atoms with Crippen LogP contribution in [-0.2, 0) is 33.7 Å². The van der Waals surface area contributed by atoms with Gasteiger partial charge in [-0.2, -0.15) is 0 Å². The number of amides is 1. The van der Waals surface area contributed by atoms with Crippen LogP contribution in [0.3, 0.4) is 0 Å². The molecule has 5 nitrogen and oxygen atoms in total. The Hall–Kier alpha value is -2.73. The number of fused-ring (bicyclic) bond motifs is 2. The number of thiazole rings is 1. The van der Waals surface area contributed by atoms with E-state index in [0.717, 1.165) is 26.4 Å². The van der Waals surface area contributed by atoms with Crippen molar-refractivity contribution < 1.29 is 14.3 Å². The molecule has 4 rings (SSSR count). The molecule has 0 aliphatic heterocycles. The Morgan fingerprint density at radius 3 is 2.33 bits per heavy atom. The number of carbonyl (C=O) groups excluding carboxylic acids is 2. The topological polar surface area (TPSA) is 68.3 Å². The van der Waals surface area contributed by atoms with Crippen LogP contribution in [0.1, 0.15) is 43.3 Å². The maximum Gasteiger partial charge on any atom is 0.307 e. The van der Waals surface area contributed by atoms with Crippen molar-refractivity contribution in [3.05, 3.63) is 64.7 Å². The summed E-state index contributed by atoms with van der Waals surface area (Å²) in [7, 11) is 0. The third-order valence-corrected chi connectivity index (χ3v) is 6.34. The molecule has 0 saturated heterocycles. The Balaban J connectivity index is 1.53. The van der Waals surface area contributed by atoms with E-state index in [2.05, 4.69) is 10.3 Å². The van der Waals surface area contributed by atoms with Crippen molar-refractivity contribution >= 4 is 33.4 Å². The zero-order chi connectivity index (χ0) is 21.4. The first-order chi connectivity index (χ1) is 14.2. The lowest BCUT2D eigenvalue weighted by atomic mass is 9.80. The van der Waals surface area contributed by atoms with Crippen LogP contribution in [0.4, 0.5) is 0 Å². The second kappa shape index (κ2) is 7.84. The van der Waals surface area contributed by atoms with Crippen molar-refractivity contribution in [3.8, 4) is 0 Å². The van der Waals surface area contributed by atoms with Crippen LogP contribution in [0, 0.1) is 5.41 Å². The van der Waals surface area contributed by atoms with Gasteiger partial charge in [0.25, 0.3) is 0 Å². The van der Waals surface area contributed by atoms with Gasteiger partial charge in [0.2, 0.25) is 5.91 Å². The number of nitrogens with one attached hydrogen (secondary N) is 1. The molecule has 1 aliphatic rings. The van der Waals surface area contributed by atoms with Gasteiger partial charge in [0, 0.05) is 0 Å². The van der Waals surface area contributed by atoms with Crippen LogP contribution in [0.2, 0.25) is 0 Å². The minimum absolute atomic E-state index is 0.0601. The Bertz CT molecular complexity index is 1040. The number of esters is 1. The number of ether oxygens (including phenoxy) is 1. The zero-order valence-corrected chi connectivity index (χ0v) is 18.3. The van der Waals surface area contributed by atoms with Gasteiger partial charge in [0.1, 0.15) is 10.6 Å². The predicted molar refractivity (Wildman–Crippen MR) is 118 cm³/mol. The minimum atomic E-state index is -0.831. The number of aromatic nitrogens is 1. The summed E-state index contributed by atoms with van der Waals surface area (Å²) < 4.78 is 6.64. The Labute approximate surface area is 180 Å². The van der Waals surface area contributed by atoms with Gasteiger partial charge in [0.05, 0.1) is 28.6 Å². The first kappa shape index (κ1) is 20.5. The van der Waals surface area contributed by atoms with Crippen molar-refractivity contribution in [1.29, 1.82) is 0 Å². The molecule has 1 aliphatic carbocycles. The van der Waals surface area contributed by atoms with E-state index >= 15 is 0 Å². The number of nitrogens with zero attached hydrogens (tertiary/aromatic N) is 1. The van der Waals surface area contributed by atoms with E-state index in [1.807, 2.05) is 69.3 Å². The smallest absolute Gasteiger partial charge is 0.307 e. The molecule has 0 unspecified atom stereocenters. The normalized spacial score (nSPS) is 15.0. The molecule has 1 amide bonds. The third kappa shape index (κ3) is 4.38. The minimum Gasteiger partial charge on any atom is -0.460 e. The lowest BCUT2D eigenvalue weighted by Crippen LogP contribution is -2.44. The molecule has 0 saturated carbocycles. The van der Waals surface area contributed by atoms with Gasteiger partial charge in [-0.1, -0.05) is 36.4 Å². The number of para-hydroxylation sites is 1. The van der Waals surface area contributed by atoms with Gasteiger partial charge in [-0.05, 0) is 56.9 Å². The number of carbonyl (C=O) groups is 2. The molecule has 3 aromatic rings. The van der Waals surface area contributed by atoms with Gasteiger partial charge in [0.15, 0.2) is 0 Å². The standard InChI is InChI=1S/C24H26N2O3S/c1-23(2,3)29-21(27)14-24(12-16-8-4-5-9-17(16)13-24)22(28)25-15-20-26-18-10-6-7-11-19(18)30-20/h4-11H,12-15H2,1-3H3,(H,25,28). The summed E-state index contributed by atoms with van der Waals surface area (Å²) in [5.41, 5.74) is 1.76. The lowest BCUT2D eigenvalue weighted by Gasteiger charge is -2.28. The number of hydrogen-bond acceptors (Lipinski definition) is 5. The molecule has 156 valence electrons. The van der Waals surface area contributed by atoms with Gasteiger partial charge in [-0.3, -0.25) is 9.59 Å². The van der Waals surface area contributed by atoms with Crippen molar-refractivity contribution in [3.63, 3.8) is 0 Å². The van der Waals surface area contributed by atoms with E-state index in [9.17, 15) is 9.59 Å². The molecular weight excluding hydrogens is 396 g/mol. The van der Waals surface area contributed by atoms with Crippen LogP contribution >= 0.6 is 11.3 Å². The first-order valence-electron chi connectivity index (χ1n) is 10.2. The summed E-state index contributed by atoms with van der Waals surface area (Å²) in [4.78, 5) is 30.6. The van der Waals surface area contributed by atoms with E-state index < -0.39 is 11.0 Å². The quantitative estimate of drug-likeness (QED) is 0.618. The van der Waals surface area contributed by atoms with Crippen molar-refractivity contribution in [2.45, 2.75) is 52.2 Å². The number of rotatable bonds is 5. The highest BCUT2D eigenvalue weighted by Crippen LogP contribution is 2.40. The van der Waals surface area contributed by atoms with Crippen molar-refractivity contribution in [1.82, 2.24) is 10.3 Å². The summed E-state index contributed by atoms with van der Waals surface area (Å²) in [6.07, 6.45) is 1.13. The van der Waals surface area contributed by atoms with Gasteiger partial charge >= 0.3 is 5.97 Å². The highest BCUT2D eigenvalue weighted by molar-refractivity contribution is 7.18. The molecule has 0 atom stereocenters. The second-order valence-corrected chi connectivity index (χ2v) is 10.0. The van der Waals surface area contributed by atoms with Crippen molar-refractivity contribution in [2.75, 3.05) is 0 Å². The van der Waals surface area contributed by atoms with Crippen LogP contribution in [0.5, 0.6) is 0 Å². The fourth-order valence-corrected chi connectivity index (χ4v) is 4.96. The SMILES string of the molecule is CC(C)(C)OC(=O)CC1(C(=O)NCc2nc3ccccc3s2)Cc2ccccc2C1. The molecular formula is C24H26N2O3S. The van der Waals surface area contributed by atoms with Gasteiger partial charge in [-0.25, -0.2) is 4.98 Å². The fourth-order valence-electron chi connectivity index (χ4n) is 4.05. The average Bonchev–Trinajstić information content (AvgIpc) is 3.25. The first-order valence-corrected chi connectivity index (χ1v) is 11.0. The zero-order valence-electron chi connectivity index (χ0n) is 17.5. The number of benzene rings is 2. The third-order valence-electron chi connectivity index (χ3n) is 5.30. The van der Waals surface area contributed by atoms with Crippen LogP contribution in [0.15, 0.2) is 48.5 Å². The largest absolute Gasteiger partial charge is 0.460 e. The predicted octanol–water partition coefficient (Wildman–Crippen LogP) is 4.43. The maximum atomic E-state index is 13.4. The monoisotopic (exact) mass is 422 g/mol. The summed E-state index contributed by atoms with van der Waals surface area (Å²) in [6, 6.07) is 15.9. The Morgan fingerprint density at radius 1 is 1.07 bits per heavy atom. The molecule has 0 fully saturated rings. The van der Waals surface area contributed by atoms with E-state index in [-0.39, 0.29) is 18.3 Å². The van der Waals surface area contributed by atoms with E-state index in [0.29, 0.717) is 19.4 Å². The maximum absolute atomic E-state index is 13.4. The van der Waals surface area contributed by atoms with Crippen molar-refractivity contribution in [2.24, 2.45) is 5.41 Å². The molecule has 1 aromatic heterocycles. The van der Waals surface area contributed by atoms with Crippen LogP contribution in [-0.4, -0.2) is 22.5 Å². The summed E-state index contributed by atoms with van der Waals surface area (Å²) in [6.45, 7) is 5.88. The highest BCUT2D eigenvalue weighted by Gasteiger charge is 2.46. The summed E-state index contributed by atoms with van der Waals surface area (Å²) in [5.74, 6) is -0.464. The second-order valence-electron chi connectivity index (χ2n) is 8.92. The Kier molecular flexibility index (Phi) is 5.36. The van der Waals surface area contributed by atoms with Gasteiger partial charge in [-0.15, -0.1) is 11.3 Å². The molecule has 1 heterocycles. The molecule has 2 aromatic carbocycles. The van der Waals surface area contributed by atoms with E-state index in [1.165, 1.54) is 0 Å². The van der Waals surface area contributed by atoms with Crippen LogP contribution < -0.4 is 5.32 Å².